The number of hydrogen-bond donors (Lipinski definition) is 2. The smallest absolute Gasteiger partial charge is 0.406 e. The molecule has 8 heteroatoms. The van der Waals surface area contributed by atoms with Crippen LogP contribution in [0, 0.1) is 0 Å². The Bertz CT molecular complexity index is 439. The van der Waals surface area contributed by atoms with Crippen LogP contribution in [0.1, 0.15) is 18.4 Å². The molecule has 0 saturated heterocycles. The number of halogens is 4. The van der Waals surface area contributed by atoms with Gasteiger partial charge >= 0.3 is 6.36 Å². The maximum atomic E-state index is 12.0. The maximum Gasteiger partial charge on any atom is 0.573 e. The van der Waals surface area contributed by atoms with Crippen molar-refractivity contribution in [1.82, 2.24) is 10.6 Å². The van der Waals surface area contributed by atoms with Crippen LogP contribution in [-0.2, 0) is 11.2 Å². The normalized spacial score (nSPS) is 10.7. The minimum atomic E-state index is -4.69. The van der Waals surface area contributed by atoms with E-state index in [4.69, 9.17) is 0 Å². The molecule has 0 saturated carbocycles. The average Bonchev–Trinajstić information content (AvgIpc) is 2.41. The molecule has 0 aromatic heterocycles. The van der Waals surface area contributed by atoms with Crippen molar-refractivity contribution in [1.29, 1.82) is 0 Å². The van der Waals surface area contributed by atoms with Gasteiger partial charge in [0.1, 0.15) is 5.75 Å². The quantitative estimate of drug-likeness (QED) is 0.715. The highest BCUT2D eigenvalue weighted by Crippen LogP contribution is 2.22. The molecule has 1 aromatic rings. The molecule has 0 spiro atoms. The minimum Gasteiger partial charge on any atom is -0.406 e. The Morgan fingerprint density at radius 1 is 1.18 bits per heavy atom. The van der Waals surface area contributed by atoms with E-state index in [1.807, 2.05) is 7.05 Å². The number of carbonyl (C=O) groups excluding carboxylic acids is 1. The van der Waals surface area contributed by atoms with Gasteiger partial charge < -0.3 is 15.4 Å². The zero-order valence-electron chi connectivity index (χ0n) is 12.2. The van der Waals surface area contributed by atoms with E-state index in [2.05, 4.69) is 15.4 Å². The van der Waals surface area contributed by atoms with E-state index in [1.165, 1.54) is 24.3 Å². The van der Waals surface area contributed by atoms with Crippen LogP contribution in [0.2, 0.25) is 0 Å². The number of hydrogen-bond acceptors (Lipinski definition) is 3. The van der Waals surface area contributed by atoms with Crippen molar-refractivity contribution in [2.45, 2.75) is 25.6 Å². The summed E-state index contributed by atoms with van der Waals surface area (Å²) in [5.41, 5.74) is 0.787. The summed E-state index contributed by atoms with van der Waals surface area (Å²) >= 11 is 0. The SMILES string of the molecule is CNCCCNC(=O)CCc1ccc(OC(F)(F)F)cc1.Cl. The molecule has 0 fully saturated rings. The zero-order chi connectivity index (χ0) is 15.7. The first kappa shape index (κ1) is 20.5. The third-order valence-electron chi connectivity index (χ3n) is 2.72. The van der Waals surface area contributed by atoms with E-state index in [1.54, 1.807) is 0 Å². The molecule has 2 N–H and O–H groups in total. The van der Waals surface area contributed by atoms with Gasteiger partial charge in [0.15, 0.2) is 0 Å². The first-order valence-corrected chi connectivity index (χ1v) is 6.66. The van der Waals surface area contributed by atoms with Gasteiger partial charge in [-0.15, -0.1) is 25.6 Å². The zero-order valence-corrected chi connectivity index (χ0v) is 13.0. The van der Waals surface area contributed by atoms with Crippen molar-refractivity contribution in [3.63, 3.8) is 0 Å². The maximum absolute atomic E-state index is 12.0. The fourth-order valence-corrected chi connectivity index (χ4v) is 1.70. The van der Waals surface area contributed by atoms with E-state index in [-0.39, 0.29) is 24.1 Å². The molecule has 1 aromatic carbocycles. The largest absolute Gasteiger partial charge is 0.573 e. The van der Waals surface area contributed by atoms with Gasteiger partial charge in [-0.25, -0.2) is 0 Å². The van der Waals surface area contributed by atoms with Gasteiger partial charge in [0, 0.05) is 13.0 Å². The third kappa shape index (κ3) is 9.46. The second-order valence-electron chi connectivity index (χ2n) is 4.50. The number of amides is 1. The van der Waals surface area contributed by atoms with E-state index in [0.29, 0.717) is 19.4 Å². The summed E-state index contributed by atoms with van der Waals surface area (Å²) in [6, 6.07) is 5.53. The minimum absolute atomic E-state index is 0. The number of aryl methyl sites for hydroxylation is 1. The molecule has 1 amide bonds. The monoisotopic (exact) mass is 340 g/mol. The molecular weight excluding hydrogens is 321 g/mol. The number of benzene rings is 1. The standard InChI is InChI=1S/C14H19F3N2O2.ClH/c1-18-9-2-10-19-13(20)8-5-11-3-6-12(7-4-11)21-14(15,16)17;/h3-4,6-7,18H,2,5,8-10H2,1H3,(H,19,20);1H. The van der Waals surface area contributed by atoms with E-state index >= 15 is 0 Å². The van der Waals surface area contributed by atoms with Crippen molar-refractivity contribution in [3.05, 3.63) is 29.8 Å². The van der Waals surface area contributed by atoms with Gasteiger partial charge in [-0.3, -0.25) is 4.79 Å². The van der Waals surface area contributed by atoms with Gasteiger partial charge in [-0.05, 0) is 44.1 Å². The molecule has 0 atom stereocenters. The molecule has 22 heavy (non-hydrogen) atoms. The van der Waals surface area contributed by atoms with Gasteiger partial charge in [-0.2, -0.15) is 0 Å². The predicted octanol–water partition coefficient (Wildman–Crippen LogP) is 2.67. The summed E-state index contributed by atoms with van der Waals surface area (Å²) in [7, 11) is 1.84. The van der Waals surface area contributed by atoms with E-state index < -0.39 is 6.36 Å². The number of rotatable bonds is 8. The molecule has 1 rings (SSSR count). The summed E-state index contributed by atoms with van der Waals surface area (Å²) in [5.74, 6) is -0.329. The predicted molar refractivity (Wildman–Crippen MR) is 80.2 cm³/mol. The fourth-order valence-electron chi connectivity index (χ4n) is 1.70. The van der Waals surface area contributed by atoms with E-state index in [0.717, 1.165) is 18.5 Å². The van der Waals surface area contributed by atoms with Crippen molar-refractivity contribution >= 4 is 18.3 Å². The van der Waals surface area contributed by atoms with Crippen LogP contribution >= 0.6 is 12.4 Å². The molecule has 0 aliphatic carbocycles. The topological polar surface area (TPSA) is 50.4 Å². The molecule has 0 aliphatic heterocycles. The molecule has 0 unspecified atom stereocenters. The van der Waals surface area contributed by atoms with Crippen molar-refractivity contribution in [2.75, 3.05) is 20.1 Å². The number of alkyl halides is 3. The highest BCUT2D eigenvalue weighted by molar-refractivity contribution is 5.85. The number of ether oxygens (including phenoxy) is 1. The Hall–Kier alpha value is -1.47. The summed E-state index contributed by atoms with van der Waals surface area (Å²) < 4.78 is 39.7. The molecule has 0 heterocycles. The average molecular weight is 341 g/mol. The second kappa shape index (κ2) is 10.3. The molecular formula is C14H20ClF3N2O2. The Labute approximate surface area is 133 Å². The van der Waals surface area contributed by atoms with Gasteiger partial charge in [0.05, 0.1) is 0 Å². The van der Waals surface area contributed by atoms with Gasteiger partial charge in [-0.1, -0.05) is 12.1 Å². The van der Waals surface area contributed by atoms with Crippen molar-refractivity contribution in [3.8, 4) is 5.75 Å². The Morgan fingerprint density at radius 2 is 1.82 bits per heavy atom. The summed E-state index contributed by atoms with van der Waals surface area (Å²) in [4.78, 5) is 11.5. The Kier molecular flexibility index (Phi) is 9.60. The fraction of sp³-hybridized carbons (Fsp3) is 0.500. The highest BCUT2D eigenvalue weighted by Gasteiger charge is 2.30. The lowest BCUT2D eigenvalue weighted by molar-refractivity contribution is -0.274. The molecule has 0 radical (unpaired) electrons. The van der Waals surface area contributed by atoms with Crippen LogP contribution < -0.4 is 15.4 Å². The first-order chi connectivity index (χ1) is 9.90. The Morgan fingerprint density at radius 3 is 2.36 bits per heavy atom. The third-order valence-corrected chi connectivity index (χ3v) is 2.72. The van der Waals surface area contributed by atoms with Crippen LogP contribution in [0.3, 0.4) is 0 Å². The molecule has 0 aliphatic rings. The Balaban J connectivity index is 0.00000441. The van der Waals surface area contributed by atoms with Crippen LogP contribution in [-0.4, -0.2) is 32.4 Å². The van der Waals surface area contributed by atoms with E-state index in [9.17, 15) is 18.0 Å². The molecule has 126 valence electrons. The first-order valence-electron chi connectivity index (χ1n) is 6.66. The van der Waals surface area contributed by atoms with Crippen LogP contribution in [0.15, 0.2) is 24.3 Å². The summed E-state index contributed by atoms with van der Waals surface area (Å²) in [5, 5.41) is 5.76. The van der Waals surface area contributed by atoms with Crippen molar-refractivity contribution < 1.29 is 22.7 Å². The number of carbonyl (C=O) groups is 1. The second-order valence-corrected chi connectivity index (χ2v) is 4.50. The van der Waals surface area contributed by atoms with Gasteiger partial charge in [0.2, 0.25) is 5.91 Å². The van der Waals surface area contributed by atoms with Crippen LogP contribution in [0.4, 0.5) is 13.2 Å². The lowest BCUT2D eigenvalue weighted by Gasteiger charge is -2.09. The lowest BCUT2D eigenvalue weighted by Crippen LogP contribution is -2.26. The van der Waals surface area contributed by atoms with Crippen molar-refractivity contribution in [2.24, 2.45) is 0 Å². The van der Waals surface area contributed by atoms with Gasteiger partial charge in [0.25, 0.3) is 0 Å². The molecule has 0 bridgehead atoms. The van der Waals surface area contributed by atoms with Crippen LogP contribution in [0.25, 0.3) is 0 Å². The summed E-state index contributed by atoms with van der Waals surface area (Å²) in [6.45, 7) is 1.44. The summed E-state index contributed by atoms with van der Waals surface area (Å²) in [6.07, 6.45) is -3.05. The lowest BCUT2D eigenvalue weighted by atomic mass is 10.1. The highest BCUT2D eigenvalue weighted by atomic mass is 35.5. The molecule has 4 nitrogen and oxygen atoms in total. The number of nitrogens with one attached hydrogen (secondary N) is 2. The van der Waals surface area contributed by atoms with Crippen LogP contribution in [0.5, 0.6) is 5.75 Å².